The Hall–Kier alpha value is -1.66. The van der Waals surface area contributed by atoms with Gasteiger partial charge in [-0.2, -0.15) is 0 Å². The summed E-state index contributed by atoms with van der Waals surface area (Å²) in [6, 6.07) is 5.68. The number of nitrogens with one attached hydrogen (secondary N) is 1. The van der Waals surface area contributed by atoms with Crippen LogP contribution < -0.4 is 11.3 Å². The molecule has 0 radical (unpaired) electrons. The molecule has 1 aromatic rings. The zero-order chi connectivity index (χ0) is 14.0. The summed E-state index contributed by atoms with van der Waals surface area (Å²) in [6.07, 6.45) is 1.19. The van der Waals surface area contributed by atoms with E-state index in [0.717, 1.165) is 18.7 Å². The van der Waals surface area contributed by atoms with Crippen LogP contribution in [0.3, 0.4) is 0 Å². The van der Waals surface area contributed by atoms with Gasteiger partial charge >= 0.3 is 0 Å². The van der Waals surface area contributed by atoms with E-state index in [9.17, 15) is 10.1 Å². The Morgan fingerprint density at radius 1 is 1.53 bits per heavy atom. The van der Waals surface area contributed by atoms with Crippen LogP contribution in [0.25, 0.3) is 0 Å². The average Bonchev–Trinajstić information content (AvgIpc) is 2.67. The number of nitro benzene ring substituents is 1. The molecule has 1 aliphatic rings. The number of benzene rings is 1. The van der Waals surface area contributed by atoms with E-state index >= 15 is 0 Å². The Morgan fingerprint density at radius 3 is 2.79 bits per heavy atom. The van der Waals surface area contributed by atoms with Crippen molar-refractivity contribution in [3.8, 4) is 0 Å². The molecule has 2 rings (SSSR count). The summed E-state index contributed by atoms with van der Waals surface area (Å²) in [5.74, 6) is 5.97. The fourth-order valence-corrected chi connectivity index (χ4v) is 2.79. The van der Waals surface area contributed by atoms with Crippen molar-refractivity contribution in [2.45, 2.75) is 32.9 Å². The lowest BCUT2D eigenvalue weighted by Crippen LogP contribution is -2.26. The van der Waals surface area contributed by atoms with Crippen molar-refractivity contribution in [1.82, 2.24) is 4.90 Å². The normalized spacial score (nSPS) is 23.5. The molecule has 0 aromatic heterocycles. The van der Waals surface area contributed by atoms with E-state index in [2.05, 4.69) is 24.2 Å². The zero-order valence-electron chi connectivity index (χ0n) is 11.3. The van der Waals surface area contributed by atoms with Gasteiger partial charge in [-0.05, 0) is 30.9 Å². The summed E-state index contributed by atoms with van der Waals surface area (Å²) in [5, 5.41) is 11.0. The van der Waals surface area contributed by atoms with E-state index in [1.807, 2.05) is 6.07 Å². The van der Waals surface area contributed by atoms with Gasteiger partial charge in [0.1, 0.15) is 5.69 Å². The average molecular weight is 264 g/mol. The zero-order valence-corrected chi connectivity index (χ0v) is 11.3. The lowest BCUT2D eigenvalue weighted by atomic mass is 10.1. The smallest absolute Gasteiger partial charge is 0.293 e. The molecule has 0 amide bonds. The first-order valence-electron chi connectivity index (χ1n) is 6.49. The van der Waals surface area contributed by atoms with Crippen LogP contribution in [0, 0.1) is 16.0 Å². The standard InChI is InChI=1S/C13H20N4O2/c1-9-5-10(2)16(7-9)8-11-3-4-12(15-14)13(6-11)17(18)19/h3-4,6,9-10,15H,5,7-8,14H2,1-2H3. The van der Waals surface area contributed by atoms with Crippen molar-refractivity contribution in [1.29, 1.82) is 0 Å². The maximum Gasteiger partial charge on any atom is 0.293 e. The molecule has 1 heterocycles. The van der Waals surface area contributed by atoms with Crippen LogP contribution in [0.15, 0.2) is 18.2 Å². The predicted molar refractivity (Wildman–Crippen MR) is 74.6 cm³/mol. The van der Waals surface area contributed by atoms with Crippen molar-refractivity contribution in [2.75, 3.05) is 12.0 Å². The molecule has 2 unspecified atom stereocenters. The van der Waals surface area contributed by atoms with Crippen molar-refractivity contribution in [3.05, 3.63) is 33.9 Å². The second kappa shape index (κ2) is 5.54. The van der Waals surface area contributed by atoms with Gasteiger partial charge in [-0.3, -0.25) is 20.9 Å². The number of anilines is 1. The monoisotopic (exact) mass is 264 g/mol. The SMILES string of the molecule is CC1CC(C)N(Cc2ccc(NN)c([N+](=O)[O-])c2)C1. The Bertz CT molecular complexity index is 478. The van der Waals surface area contributed by atoms with Crippen molar-refractivity contribution in [3.63, 3.8) is 0 Å². The third-order valence-corrected chi connectivity index (χ3v) is 3.71. The molecule has 19 heavy (non-hydrogen) atoms. The van der Waals surface area contributed by atoms with E-state index in [4.69, 9.17) is 5.84 Å². The highest BCUT2D eigenvalue weighted by Gasteiger charge is 2.26. The van der Waals surface area contributed by atoms with Crippen LogP contribution in [0.4, 0.5) is 11.4 Å². The highest BCUT2D eigenvalue weighted by atomic mass is 16.6. The highest BCUT2D eigenvalue weighted by molar-refractivity contribution is 5.61. The minimum atomic E-state index is -0.408. The summed E-state index contributed by atoms with van der Waals surface area (Å²) < 4.78 is 0. The second-order valence-corrected chi connectivity index (χ2v) is 5.37. The van der Waals surface area contributed by atoms with E-state index in [1.54, 1.807) is 12.1 Å². The minimum Gasteiger partial charge on any atom is -0.318 e. The first kappa shape index (κ1) is 13.8. The van der Waals surface area contributed by atoms with Gasteiger partial charge in [0.15, 0.2) is 0 Å². The molecule has 0 bridgehead atoms. The number of nitrogens with zero attached hydrogens (tertiary/aromatic N) is 2. The van der Waals surface area contributed by atoms with E-state index in [-0.39, 0.29) is 5.69 Å². The summed E-state index contributed by atoms with van der Waals surface area (Å²) in [4.78, 5) is 12.9. The lowest BCUT2D eigenvalue weighted by molar-refractivity contribution is -0.384. The molecule has 1 saturated heterocycles. The second-order valence-electron chi connectivity index (χ2n) is 5.37. The predicted octanol–water partition coefficient (Wildman–Crippen LogP) is 2.11. The minimum absolute atomic E-state index is 0.0277. The number of nitrogen functional groups attached to an aromatic ring is 1. The fraction of sp³-hybridized carbons (Fsp3) is 0.538. The quantitative estimate of drug-likeness (QED) is 0.494. The van der Waals surface area contributed by atoms with Gasteiger partial charge in [0.05, 0.1) is 4.92 Å². The van der Waals surface area contributed by atoms with Gasteiger partial charge < -0.3 is 5.43 Å². The Balaban J connectivity index is 2.17. The molecule has 0 saturated carbocycles. The van der Waals surface area contributed by atoms with Crippen molar-refractivity contribution in [2.24, 2.45) is 11.8 Å². The molecule has 104 valence electrons. The number of likely N-dealkylation sites (tertiary alicyclic amines) is 1. The molecule has 0 spiro atoms. The number of nitrogens with two attached hydrogens (primary N) is 1. The number of hydrazine groups is 1. The van der Waals surface area contributed by atoms with Crippen LogP contribution in [-0.4, -0.2) is 22.4 Å². The van der Waals surface area contributed by atoms with Gasteiger partial charge in [0.2, 0.25) is 0 Å². The highest BCUT2D eigenvalue weighted by Crippen LogP contribution is 2.28. The first-order valence-corrected chi connectivity index (χ1v) is 6.49. The Morgan fingerprint density at radius 2 is 2.26 bits per heavy atom. The summed E-state index contributed by atoms with van der Waals surface area (Å²) in [7, 11) is 0. The van der Waals surface area contributed by atoms with Gasteiger partial charge in [-0.15, -0.1) is 0 Å². The molecule has 3 N–H and O–H groups in total. The molecule has 6 heteroatoms. The molecule has 6 nitrogen and oxygen atoms in total. The third-order valence-electron chi connectivity index (χ3n) is 3.71. The first-order chi connectivity index (χ1) is 9.01. The summed E-state index contributed by atoms with van der Waals surface area (Å²) in [5.41, 5.74) is 3.68. The van der Waals surface area contributed by atoms with Crippen LogP contribution in [0.1, 0.15) is 25.8 Å². The Labute approximate surface area is 112 Å². The van der Waals surface area contributed by atoms with Gasteiger partial charge in [0.25, 0.3) is 5.69 Å². The Kier molecular flexibility index (Phi) is 4.01. The number of hydrogen-bond donors (Lipinski definition) is 2. The van der Waals surface area contributed by atoms with Crippen LogP contribution in [0.5, 0.6) is 0 Å². The van der Waals surface area contributed by atoms with E-state index < -0.39 is 4.92 Å². The number of hydrogen-bond acceptors (Lipinski definition) is 5. The lowest BCUT2D eigenvalue weighted by Gasteiger charge is -2.21. The number of rotatable bonds is 4. The van der Waals surface area contributed by atoms with E-state index in [0.29, 0.717) is 17.6 Å². The van der Waals surface area contributed by atoms with Crippen molar-refractivity contribution >= 4 is 11.4 Å². The molecule has 1 aliphatic heterocycles. The van der Waals surface area contributed by atoms with Gasteiger partial charge in [-0.25, -0.2) is 0 Å². The molecule has 1 fully saturated rings. The summed E-state index contributed by atoms with van der Waals surface area (Å²) >= 11 is 0. The fourth-order valence-electron chi connectivity index (χ4n) is 2.79. The molecule has 0 aliphatic carbocycles. The maximum absolute atomic E-state index is 11.0. The summed E-state index contributed by atoms with van der Waals surface area (Å²) in [6.45, 7) is 6.23. The van der Waals surface area contributed by atoms with E-state index in [1.165, 1.54) is 6.42 Å². The molecule has 2 atom stereocenters. The molecular formula is C13H20N4O2. The number of nitro groups is 1. The van der Waals surface area contributed by atoms with Crippen LogP contribution in [-0.2, 0) is 6.54 Å². The largest absolute Gasteiger partial charge is 0.318 e. The topological polar surface area (TPSA) is 84.4 Å². The van der Waals surface area contributed by atoms with Gasteiger partial charge in [-0.1, -0.05) is 13.0 Å². The molecule has 1 aromatic carbocycles. The molecular weight excluding hydrogens is 244 g/mol. The van der Waals surface area contributed by atoms with Gasteiger partial charge in [0, 0.05) is 25.2 Å². The van der Waals surface area contributed by atoms with Crippen LogP contribution >= 0.6 is 0 Å². The van der Waals surface area contributed by atoms with Crippen LogP contribution in [0.2, 0.25) is 0 Å². The third kappa shape index (κ3) is 3.02. The maximum atomic E-state index is 11.0. The van der Waals surface area contributed by atoms with Crippen molar-refractivity contribution < 1.29 is 4.92 Å².